The van der Waals surface area contributed by atoms with Gasteiger partial charge in [0.05, 0.1) is 5.41 Å². The molecule has 66 valence electrons. The van der Waals surface area contributed by atoms with Crippen LogP contribution in [0.3, 0.4) is 0 Å². The Bertz CT molecular complexity index is 252. The van der Waals surface area contributed by atoms with Gasteiger partial charge in [-0.05, 0) is 24.2 Å². The van der Waals surface area contributed by atoms with Crippen molar-refractivity contribution in [3.05, 3.63) is 12.7 Å². The molecule has 0 radical (unpaired) electrons. The predicted molar refractivity (Wildman–Crippen MR) is 48.8 cm³/mol. The smallest absolute Gasteiger partial charge is 0.143 e. The molecular formula is C11H16O. The summed E-state index contributed by atoms with van der Waals surface area (Å²) in [5.41, 5.74) is 0.00347. The molecule has 0 aromatic carbocycles. The minimum absolute atomic E-state index is 0.169. The third kappa shape index (κ3) is 0.596. The van der Waals surface area contributed by atoms with Gasteiger partial charge in [-0.2, -0.15) is 0 Å². The fourth-order valence-corrected chi connectivity index (χ4v) is 3.19. The van der Waals surface area contributed by atoms with Gasteiger partial charge < -0.3 is 0 Å². The standard InChI is InChI=1S/C11H16O/c1-4-11-6-5-8(7-9(11)12)10(11,2)3/h4,8H,1,5-7H2,2-3H3. The molecule has 0 heterocycles. The van der Waals surface area contributed by atoms with Gasteiger partial charge in [0.1, 0.15) is 5.78 Å². The number of carbonyl (C=O) groups excluding carboxylic acids is 1. The topological polar surface area (TPSA) is 17.1 Å². The van der Waals surface area contributed by atoms with Crippen LogP contribution in [0, 0.1) is 16.7 Å². The SMILES string of the molecule is C=CC12CCC(CC1=O)C2(C)C. The highest BCUT2D eigenvalue weighted by atomic mass is 16.1. The Labute approximate surface area is 73.8 Å². The van der Waals surface area contributed by atoms with Gasteiger partial charge in [0, 0.05) is 6.42 Å². The molecular weight excluding hydrogens is 148 g/mol. The first-order valence-corrected chi connectivity index (χ1v) is 4.71. The summed E-state index contributed by atoms with van der Waals surface area (Å²) in [7, 11) is 0. The van der Waals surface area contributed by atoms with Gasteiger partial charge in [-0.25, -0.2) is 0 Å². The van der Waals surface area contributed by atoms with E-state index in [2.05, 4.69) is 20.4 Å². The van der Waals surface area contributed by atoms with Crippen LogP contribution < -0.4 is 0 Å². The summed E-state index contributed by atoms with van der Waals surface area (Å²) < 4.78 is 0. The minimum atomic E-state index is -0.169. The van der Waals surface area contributed by atoms with Crippen LogP contribution in [-0.4, -0.2) is 5.78 Å². The van der Waals surface area contributed by atoms with Crippen LogP contribution in [0.25, 0.3) is 0 Å². The van der Waals surface area contributed by atoms with Crippen molar-refractivity contribution in [3.63, 3.8) is 0 Å². The van der Waals surface area contributed by atoms with E-state index in [1.807, 2.05) is 6.08 Å². The Hall–Kier alpha value is -0.590. The Balaban J connectivity index is 2.52. The van der Waals surface area contributed by atoms with E-state index in [4.69, 9.17) is 0 Å². The molecule has 2 fully saturated rings. The summed E-state index contributed by atoms with van der Waals surface area (Å²) in [5, 5.41) is 0. The van der Waals surface area contributed by atoms with Crippen molar-refractivity contribution in [2.45, 2.75) is 33.1 Å². The highest BCUT2D eigenvalue weighted by Crippen LogP contribution is 2.64. The molecule has 2 atom stereocenters. The summed E-state index contributed by atoms with van der Waals surface area (Å²) in [6, 6.07) is 0. The van der Waals surface area contributed by atoms with E-state index in [1.165, 1.54) is 6.42 Å². The fraction of sp³-hybridized carbons (Fsp3) is 0.727. The van der Waals surface area contributed by atoms with Crippen molar-refractivity contribution in [1.29, 1.82) is 0 Å². The quantitative estimate of drug-likeness (QED) is 0.544. The first-order chi connectivity index (χ1) is 5.54. The zero-order chi connectivity index (χ0) is 8.98. The number of rotatable bonds is 1. The zero-order valence-corrected chi connectivity index (χ0v) is 7.89. The van der Waals surface area contributed by atoms with E-state index < -0.39 is 0 Å². The second kappa shape index (κ2) is 2.01. The molecule has 2 aliphatic rings. The summed E-state index contributed by atoms with van der Waals surface area (Å²) >= 11 is 0. The largest absolute Gasteiger partial charge is 0.299 e. The number of ketones is 1. The summed E-state index contributed by atoms with van der Waals surface area (Å²) in [6.07, 6.45) is 4.94. The van der Waals surface area contributed by atoms with Gasteiger partial charge in [0.25, 0.3) is 0 Å². The van der Waals surface area contributed by atoms with Gasteiger partial charge in [-0.1, -0.05) is 19.9 Å². The molecule has 0 aliphatic heterocycles. The molecule has 0 N–H and O–H groups in total. The molecule has 2 rings (SSSR count). The molecule has 12 heavy (non-hydrogen) atoms. The lowest BCUT2D eigenvalue weighted by Crippen LogP contribution is -2.33. The lowest BCUT2D eigenvalue weighted by atomic mass is 9.69. The highest BCUT2D eigenvalue weighted by molar-refractivity contribution is 5.91. The average molecular weight is 164 g/mol. The van der Waals surface area contributed by atoms with Gasteiger partial charge in [-0.3, -0.25) is 4.79 Å². The Morgan fingerprint density at radius 3 is 2.50 bits per heavy atom. The van der Waals surface area contributed by atoms with Crippen LogP contribution >= 0.6 is 0 Å². The lowest BCUT2D eigenvalue weighted by molar-refractivity contribution is -0.126. The maximum atomic E-state index is 11.7. The van der Waals surface area contributed by atoms with Gasteiger partial charge in [-0.15, -0.1) is 6.58 Å². The zero-order valence-electron chi connectivity index (χ0n) is 7.89. The van der Waals surface area contributed by atoms with Gasteiger partial charge in [0.15, 0.2) is 0 Å². The number of hydrogen-bond acceptors (Lipinski definition) is 1. The normalized spacial score (nSPS) is 43.5. The molecule has 1 heteroatoms. The lowest BCUT2D eigenvalue weighted by Gasteiger charge is -2.33. The number of hydrogen-bond donors (Lipinski definition) is 0. The van der Waals surface area contributed by atoms with Crippen molar-refractivity contribution in [1.82, 2.24) is 0 Å². The summed E-state index contributed by atoms with van der Waals surface area (Å²) in [6.45, 7) is 8.28. The van der Waals surface area contributed by atoms with Crippen molar-refractivity contribution in [2.24, 2.45) is 16.7 Å². The fourth-order valence-electron chi connectivity index (χ4n) is 3.19. The molecule has 0 amide bonds. The molecule has 0 aromatic heterocycles. The highest BCUT2D eigenvalue weighted by Gasteiger charge is 2.62. The van der Waals surface area contributed by atoms with Crippen molar-refractivity contribution >= 4 is 5.78 Å². The molecule has 2 bridgehead atoms. The first kappa shape index (κ1) is 8.03. The van der Waals surface area contributed by atoms with Crippen molar-refractivity contribution < 1.29 is 4.79 Å². The van der Waals surface area contributed by atoms with Crippen LogP contribution in [0.5, 0.6) is 0 Å². The number of fused-ring (bicyclic) bond motifs is 2. The first-order valence-electron chi connectivity index (χ1n) is 4.71. The molecule has 2 aliphatic carbocycles. The maximum Gasteiger partial charge on any atom is 0.143 e. The molecule has 0 spiro atoms. The third-order valence-corrected chi connectivity index (χ3v) is 4.34. The molecule has 0 saturated heterocycles. The summed E-state index contributed by atoms with van der Waals surface area (Å²) in [5.74, 6) is 1.04. The molecule has 2 unspecified atom stereocenters. The number of allylic oxidation sites excluding steroid dienone is 1. The number of carbonyl (C=O) groups is 1. The van der Waals surface area contributed by atoms with E-state index in [1.54, 1.807) is 0 Å². The Kier molecular flexibility index (Phi) is 1.35. The van der Waals surface area contributed by atoms with Gasteiger partial charge in [0.2, 0.25) is 0 Å². The van der Waals surface area contributed by atoms with Crippen LogP contribution in [0.15, 0.2) is 12.7 Å². The van der Waals surface area contributed by atoms with Gasteiger partial charge >= 0.3 is 0 Å². The van der Waals surface area contributed by atoms with Crippen LogP contribution in [0.1, 0.15) is 33.1 Å². The van der Waals surface area contributed by atoms with Crippen LogP contribution in [0.2, 0.25) is 0 Å². The second-order valence-corrected chi connectivity index (χ2v) is 4.76. The van der Waals surface area contributed by atoms with E-state index >= 15 is 0 Å². The Morgan fingerprint density at radius 2 is 2.25 bits per heavy atom. The summed E-state index contributed by atoms with van der Waals surface area (Å²) in [4.78, 5) is 11.7. The maximum absolute atomic E-state index is 11.7. The van der Waals surface area contributed by atoms with Crippen molar-refractivity contribution in [3.8, 4) is 0 Å². The second-order valence-electron chi connectivity index (χ2n) is 4.76. The monoisotopic (exact) mass is 164 g/mol. The molecule has 1 nitrogen and oxygen atoms in total. The molecule has 0 aromatic rings. The van der Waals surface area contributed by atoms with E-state index in [-0.39, 0.29) is 10.8 Å². The van der Waals surface area contributed by atoms with Crippen LogP contribution in [-0.2, 0) is 4.79 Å². The third-order valence-electron chi connectivity index (χ3n) is 4.34. The van der Waals surface area contributed by atoms with Crippen molar-refractivity contribution in [2.75, 3.05) is 0 Å². The van der Waals surface area contributed by atoms with Crippen LogP contribution in [0.4, 0.5) is 0 Å². The average Bonchev–Trinajstić information content (AvgIpc) is 2.36. The number of Topliss-reactive ketones (excluding diaryl/α,β-unsaturated/α-hetero) is 1. The Morgan fingerprint density at radius 1 is 1.58 bits per heavy atom. The predicted octanol–water partition coefficient (Wildman–Crippen LogP) is 2.57. The molecule has 2 saturated carbocycles. The minimum Gasteiger partial charge on any atom is -0.299 e. The van der Waals surface area contributed by atoms with E-state index in [0.717, 1.165) is 12.8 Å². The van der Waals surface area contributed by atoms with E-state index in [0.29, 0.717) is 11.7 Å². The van der Waals surface area contributed by atoms with E-state index in [9.17, 15) is 4.79 Å².